The molecular weight excluding hydrogens is 338 g/mol. The molecule has 0 aromatic rings. The highest BCUT2D eigenvalue weighted by Gasteiger charge is 2.47. The van der Waals surface area contributed by atoms with E-state index in [0.29, 0.717) is 18.3 Å². The van der Waals surface area contributed by atoms with Crippen molar-refractivity contribution < 1.29 is 9.84 Å². The number of rotatable bonds is 5. The first-order chi connectivity index (χ1) is 13.1. The summed E-state index contributed by atoms with van der Waals surface area (Å²) in [5, 5.41) is 19.5. The maximum atomic E-state index is 10.6. The molecule has 2 saturated carbocycles. The Labute approximate surface area is 163 Å². The Morgan fingerprint density at radius 3 is 2.67 bits per heavy atom. The molecule has 3 N–H and O–H groups in total. The molecule has 0 amide bonds. The van der Waals surface area contributed by atoms with Gasteiger partial charge in [-0.1, -0.05) is 32.8 Å². The van der Waals surface area contributed by atoms with E-state index in [1.807, 2.05) is 0 Å². The van der Waals surface area contributed by atoms with Gasteiger partial charge in [-0.05, 0) is 50.4 Å². The summed E-state index contributed by atoms with van der Waals surface area (Å²) in [6.07, 6.45) is 10.6. The second kappa shape index (κ2) is 9.15. The lowest BCUT2D eigenvalue weighted by molar-refractivity contribution is -0.0763. The van der Waals surface area contributed by atoms with E-state index in [1.165, 1.54) is 32.1 Å². The van der Waals surface area contributed by atoms with Gasteiger partial charge in [0.25, 0.3) is 6.26 Å². The van der Waals surface area contributed by atoms with Crippen LogP contribution in [0.4, 0.5) is 0 Å². The Balaban J connectivity index is 1.85. The first-order valence-corrected chi connectivity index (χ1v) is 10.7. The summed E-state index contributed by atoms with van der Waals surface area (Å²) >= 11 is 0. The van der Waals surface area contributed by atoms with Gasteiger partial charge in [0.15, 0.2) is 0 Å². The second-order valence-corrected chi connectivity index (χ2v) is 8.75. The fourth-order valence-electron chi connectivity index (χ4n) is 5.64. The summed E-state index contributed by atoms with van der Waals surface area (Å²) in [5.74, 6) is 1.33. The number of aliphatic hydroxyl groups excluding tert-OH is 1. The van der Waals surface area contributed by atoms with Crippen LogP contribution in [0, 0.1) is 29.3 Å². The van der Waals surface area contributed by atoms with Gasteiger partial charge < -0.3 is 20.5 Å². The average molecular weight is 374 g/mol. The largest absolute Gasteiger partial charge is 0.421 e. The summed E-state index contributed by atoms with van der Waals surface area (Å²) in [6, 6.07) is 0.358. The highest BCUT2D eigenvalue weighted by atomic mass is 16.5. The predicted molar refractivity (Wildman–Crippen MR) is 105 cm³/mol. The molecule has 0 spiro atoms. The van der Waals surface area contributed by atoms with Gasteiger partial charge in [-0.25, -0.2) is 0 Å². The van der Waals surface area contributed by atoms with Crippen molar-refractivity contribution in [3.05, 3.63) is 18.0 Å². The van der Waals surface area contributed by atoms with Crippen molar-refractivity contribution in [2.24, 2.45) is 23.5 Å². The van der Waals surface area contributed by atoms with Gasteiger partial charge in [0.1, 0.15) is 6.10 Å². The van der Waals surface area contributed by atoms with Gasteiger partial charge in [-0.2, -0.15) is 5.26 Å². The zero-order valence-electron chi connectivity index (χ0n) is 16.6. The predicted octanol–water partition coefficient (Wildman–Crippen LogP) is 3.30. The number of nitrogens with zero attached hydrogens (tertiary/aromatic N) is 2. The van der Waals surface area contributed by atoms with Crippen molar-refractivity contribution >= 4 is 0 Å². The zero-order chi connectivity index (χ0) is 19.4. The highest BCUT2D eigenvalue weighted by Crippen LogP contribution is 2.45. The molecular formula is C22H35N3O2. The third-order valence-corrected chi connectivity index (χ3v) is 7.16. The highest BCUT2D eigenvalue weighted by molar-refractivity contribution is 5.15. The van der Waals surface area contributed by atoms with E-state index >= 15 is 0 Å². The second-order valence-electron chi connectivity index (χ2n) is 8.75. The molecule has 1 saturated heterocycles. The molecule has 6 unspecified atom stereocenters. The van der Waals surface area contributed by atoms with Crippen molar-refractivity contribution in [2.75, 3.05) is 6.54 Å². The Morgan fingerprint density at radius 2 is 2.04 bits per heavy atom. The lowest BCUT2D eigenvalue weighted by atomic mass is 9.69. The van der Waals surface area contributed by atoms with Crippen LogP contribution in [-0.4, -0.2) is 40.8 Å². The van der Waals surface area contributed by atoms with E-state index in [0.717, 1.165) is 31.5 Å². The number of aliphatic hydroxyl groups is 1. The number of likely N-dealkylation sites (tertiary alicyclic amines) is 1. The lowest BCUT2D eigenvalue weighted by Gasteiger charge is -2.53. The van der Waals surface area contributed by atoms with Gasteiger partial charge in [0, 0.05) is 24.5 Å². The summed E-state index contributed by atoms with van der Waals surface area (Å²) in [7, 11) is 0. The third-order valence-electron chi connectivity index (χ3n) is 7.16. The minimum absolute atomic E-state index is 0.0891. The van der Waals surface area contributed by atoms with Gasteiger partial charge in [-0.3, -0.25) is 0 Å². The van der Waals surface area contributed by atoms with Crippen LogP contribution in [0.1, 0.15) is 64.7 Å². The minimum atomic E-state index is -0.595. The molecule has 150 valence electrons. The van der Waals surface area contributed by atoms with Crippen molar-refractivity contribution in [3.8, 4) is 6.26 Å². The molecule has 0 aromatic carbocycles. The van der Waals surface area contributed by atoms with Crippen LogP contribution in [0.2, 0.25) is 0 Å². The topological polar surface area (TPSA) is 82.5 Å². The molecule has 3 rings (SSSR count). The molecule has 5 heteroatoms. The van der Waals surface area contributed by atoms with Crippen molar-refractivity contribution in [1.29, 1.82) is 5.26 Å². The van der Waals surface area contributed by atoms with Crippen molar-refractivity contribution in [1.82, 2.24) is 4.90 Å². The molecule has 0 radical (unpaired) electrons. The monoisotopic (exact) mass is 373 g/mol. The smallest absolute Gasteiger partial charge is 0.286 e. The molecule has 3 aliphatic rings. The Bertz CT molecular complexity index is 589. The van der Waals surface area contributed by atoms with Crippen molar-refractivity contribution in [2.45, 2.75) is 89.0 Å². The van der Waals surface area contributed by atoms with Crippen LogP contribution in [0.15, 0.2) is 18.0 Å². The number of fused-ring (bicyclic) bond motifs is 1. The fraction of sp³-hybridized carbons (Fsp3) is 0.818. The molecule has 6 atom stereocenters. The molecule has 0 bridgehead atoms. The van der Waals surface area contributed by atoms with Crippen molar-refractivity contribution in [3.63, 3.8) is 0 Å². The maximum Gasteiger partial charge on any atom is 0.286 e. The summed E-state index contributed by atoms with van der Waals surface area (Å²) in [4.78, 5) is 2.49. The van der Waals surface area contributed by atoms with Crippen LogP contribution in [0.3, 0.4) is 0 Å². The molecule has 3 fully saturated rings. The van der Waals surface area contributed by atoms with E-state index in [2.05, 4.69) is 24.1 Å². The van der Waals surface area contributed by atoms with Crippen LogP contribution < -0.4 is 5.73 Å². The van der Waals surface area contributed by atoms with Gasteiger partial charge in [0.2, 0.25) is 0 Å². The van der Waals surface area contributed by atoms with Crippen LogP contribution in [0.5, 0.6) is 0 Å². The standard InChI is InChI=1S/C22H35N3O2/c1-3-18(24)17-10-16-11-22(27-14-23)21(26)12-20(16)25(19(17)4-2)13-15-8-6-5-7-9-15/h15-18,20-22,26H,2-3,5-13,24H2,1H3. The normalized spacial score (nSPS) is 35.7. The molecule has 2 aliphatic carbocycles. The fourth-order valence-corrected chi connectivity index (χ4v) is 5.64. The number of hydrogen-bond donors (Lipinski definition) is 2. The third kappa shape index (κ3) is 4.35. The number of hydrogen-bond acceptors (Lipinski definition) is 5. The van der Waals surface area contributed by atoms with Gasteiger partial charge >= 0.3 is 0 Å². The lowest BCUT2D eigenvalue weighted by Crippen LogP contribution is -2.57. The first kappa shape index (κ1) is 20.3. The molecule has 1 heterocycles. The van der Waals surface area contributed by atoms with E-state index in [4.69, 9.17) is 15.7 Å². The SMILES string of the molecule is C=C=C1C(C(N)CC)CC2CC(OC#N)C(O)CC2N1CC1CCCCC1. The van der Waals surface area contributed by atoms with E-state index in [1.54, 1.807) is 6.26 Å². The van der Waals surface area contributed by atoms with Crippen LogP contribution in [-0.2, 0) is 4.74 Å². The van der Waals surface area contributed by atoms with E-state index in [-0.39, 0.29) is 24.1 Å². The minimum Gasteiger partial charge on any atom is -0.421 e. The quantitative estimate of drug-likeness (QED) is 0.571. The van der Waals surface area contributed by atoms with Gasteiger partial charge in [-0.15, -0.1) is 5.73 Å². The molecule has 1 aliphatic heterocycles. The van der Waals surface area contributed by atoms with E-state index < -0.39 is 6.10 Å². The summed E-state index contributed by atoms with van der Waals surface area (Å²) < 4.78 is 5.18. The maximum absolute atomic E-state index is 10.6. The number of nitrogens with two attached hydrogens (primary N) is 1. The zero-order valence-corrected chi connectivity index (χ0v) is 16.6. The van der Waals surface area contributed by atoms with Gasteiger partial charge in [0.05, 0.1) is 11.8 Å². The number of nitriles is 1. The number of piperidine rings is 1. The summed E-state index contributed by atoms with van der Waals surface area (Å²) in [6.45, 7) is 7.16. The summed E-state index contributed by atoms with van der Waals surface area (Å²) in [5.41, 5.74) is 10.9. The first-order valence-electron chi connectivity index (χ1n) is 10.7. The van der Waals surface area contributed by atoms with E-state index in [9.17, 15) is 5.11 Å². The van der Waals surface area contributed by atoms with Crippen LogP contribution >= 0.6 is 0 Å². The molecule has 0 aromatic heterocycles. The Hall–Kier alpha value is -1.47. The average Bonchev–Trinajstić information content (AvgIpc) is 2.69. The molecule has 27 heavy (non-hydrogen) atoms. The Kier molecular flexibility index (Phi) is 6.87. The Morgan fingerprint density at radius 1 is 1.30 bits per heavy atom. The van der Waals surface area contributed by atoms with Crippen LogP contribution in [0.25, 0.3) is 0 Å². The number of ether oxygens (including phenoxy) is 1. The molecule has 5 nitrogen and oxygen atoms in total.